The summed E-state index contributed by atoms with van der Waals surface area (Å²) in [7, 11) is 0. The molecule has 0 radical (unpaired) electrons. The van der Waals surface area contributed by atoms with Gasteiger partial charge in [-0.2, -0.15) is 0 Å². The highest BCUT2D eigenvalue weighted by Crippen LogP contribution is 2.18. The standard InChI is InChI=1S/C11H12N4/c1-7-5-13-11(15-7)9-4-8-2-3-12-10(8)14-6-9/h2-6,11,13,15H,1H3,(H,12,14). The average molecular weight is 200 g/mol. The molecule has 0 spiro atoms. The largest absolute Gasteiger partial charge is 0.366 e. The molecule has 1 unspecified atom stereocenters. The van der Waals surface area contributed by atoms with Gasteiger partial charge in [0.05, 0.1) is 0 Å². The number of nitrogens with zero attached hydrogens (tertiary/aromatic N) is 1. The van der Waals surface area contributed by atoms with E-state index in [-0.39, 0.29) is 6.17 Å². The molecule has 0 aliphatic carbocycles. The third-order valence-corrected chi connectivity index (χ3v) is 2.59. The first-order valence-electron chi connectivity index (χ1n) is 4.95. The summed E-state index contributed by atoms with van der Waals surface area (Å²) in [6.07, 6.45) is 5.92. The third kappa shape index (κ3) is 1.34. The molecule has 0 fully saturated rings. The summed E-state index contributed by atoms with van der Waals surface area (Å²) in [4.78, 5) is 7.43. The van der Waals surface area contributed by atoms with E-state index in [4.69, 9.17) is 0 Å². The summed E-state index contributed by atoms with van der Waals surface area (Å²) in [5, 5.41) is 7.72. The van der Waals surface area contributed by atoms with Crippen molar-refractivity contribution in [3.63, 3.8) is 0 Å². The van der Waals surface area contributed by atoms with E-state index in [1.165, 1.54) is 0 Å². The number of H-pyrrole nitrogens is 1. The van der Waals surface area contributed by atoms with Crippen molar-refractivity contribution in [2.24, 2.45) is 0 Å². The normalized spacial score (nSPS) is 19.8. The van der Waals surface area contributed by atoms with Gasteiger partial charge in [0.15, 0.2) is 0 Å². The van der Waals surface area contributed by atoms with Crippen molar-refractivity contribution in [2.75, 3.05) is 0 Å². The van der Waals surface area contributed by atoms with Gasteiger partial charge in [-0.3, -0.25) is 0 Å². The van der Waals surface area contributed by atoms with Crippen LogP contribution in [0.3, 0.4) is 0 Å². The Hall–Kier alpha value is -1.97. The van der Waals surface area contributed by atoms with Crippen LogP contribution in [0.2, 0.25) is 0 Å². The highest BCUT2D eigenvalue weighted by molar-refractivity contribution is 5.75. The van der Waals surface area contributed by atoms with Crippen molar-refractivity contribution in [3.8, 4) is 0 Å². The molecule has 1 atom stereocenters. The molecule has 1 aliphatic rings. The highest BCUT2D eigenvalue weighted by atomic mass is 15.2. The maximum atomic E-state index is 4.35. The number of hydrogen-bond acceptors (Lipinski definition) is 3. The van der Waals surface area contributed by atoms with Crippen molar-refractivity contribution in [3.05, 3.63) is 42.0 Å². The van der Waals surface area contributed by atoms with E-state index in [1.807, 2.05) is 31.6 Å². The van der Waals surface area contributed by atoms with Crippen molar-refractivity contribution in [2.45, 2.75) is 13.1 Å². The molecule has 76 valence electrons. The maximum Gasteiger partial charge on any atom is 0.137 e. The second-order valence-corrected chi connectivity index (χ2v) is 3.76. The van der Waals surface area contributed by atoms with E-state index in [0.717, 1.165) is 22.3 Å². The predicted molar refractivity (Wildman–Crippen MR) is 58.9 cm³/mol. The summed E-state index contributed by atoms with van der Waals surface area (Å²) in [5.74, 6) is 0. The molecule has 3 rings (SSSR count). The van der Waals surface area contributed by atoms with Crippen LogP contribution in [0.5, 0.6) is 0 Å². The Balaban J connectivity index is 1.98. The quantitative estimate of drug-likeness (QED) is 0.655. The minimum atomic E-state index is 0.150. The van der Waals surface area contributed by atoms with Gasteiger partial charge in [-0.1, -0.05) is 0 Å². The zero-order chi connectivity index (χ0) is 10.3. The zero-order valence-corrected chi connectivity index (χ0v) is 8.41. The summed E-state index contributed by atoms with van der Waals surface area (Å²) >= 11 is 0. The molecule has 3 N–H and O–H groups in total. The second-order valence-electron chi connectivity index (χ2n) is 3.76. The molecule has 0 aromatic carbocycles. The van der Waals surface area contributed by atoms with Crippen LogP contribution in [0.1, 0.15) is 18.7 Å². The molecule has 4 heteroatoms. The van der Waals surface area contributed by atoms with Crippen LogP contribution in [-0.2, 0) is 0 Å². The van der Waals surface area contributed by atoms with Gasteiger partial charge >= 0.3 is 0 Å². The highest BCUT2D eigenvalue weighted by Gasteiger charge is 2.14. The van der Waals surface area contributed by atoms with E-state index in [0.29, 0.717) is 0 Å². The number of hydrogen-bond donors (Lipinski definition) is 3. The van der Waals surface area contributed by atoms with Crippen molar-refractivity contribution < 1.29 is 0 Å². The van der Waals surface area contributed by atoms with Crippen molar-refractivity contribution in [1.82, 2.24) is 20.6 Å². The lowest BCUT2D eigenvalue weighted by Crippen LogP contribution is -2.22. The molecule has 2 aromatic rings. The number of aromatic nitrogens is 2. The van der Waals surface area contributed by atoms with E-state index >= 15 is 0 Å². The molecule has 3 heterocycles. The number of fused-ring (bicyclic) bond motifs is 1. The smallest absolute Gasteiger partial charge is 0.137 e. The van der Waals surface area contributed by atoms with Gasteiger partial charge in [-0.05, 0) is 19.1 Å². The second kappa shape index (κ2) is 3.02. The Kier molecular flexibility index (Phi) is 1.68. The van der Waals surface area contributed by atoms with Crippen LogP contribution in [-0.4, -0.2) is 9.97 Å². The molecule has 15 heavy (non-hydrogen) atoms. The lowest BCUT2D eigenvalue weighted by molar-refractivity contribution is 0.594. The topological polar surface area (TPSA) is 52.7 Å². The Labute approximate surface area is 87.4 Å². The summed E-state index contributed by atoms with van der Waals surface area (Å²) < 4.78 is 0. The first kappa shape index (κ1) is 8.35. The third-order valence-electron chi connectivity index (χ3n) is 2.59. The minimum Gasteiger partial charge on any atom is -0.366 e. The molecule has 2 aromatic heterocycles. The Morgan fingerprint density at radius 3 is 3.13 bits per heavy atom. The van der Waals surface area contributed by atoms with Gasteiger partial charge in [-0.25, -0.2) is 4.98 Å². The number of aromatic amines is 1. The fourth-order valence-electron chi connectivity index (χ4n) is 1.81. The Morgan fingerprint density at radius 2 is 2.33 bits per heavy atom. The van der Waals surface area contributed by atoms with Crippen molar-refractivity contribution in [1.29, 1.82) is 0 Å². The van der Waals surface area contributed by atoms with Crippen molar-refractivity contribution >= 4 is 11.0 Å². The van der Waals surface area contributed by atoms with Gasteiger partial charge in [0.1, 0.15) is 11.8 Å². The van der Waals surface area contributed by atoms with Gasteiger partial charge in [-0.15, -0.1) is 0 Å². The molecular weight excluding hydrogens is 188 g/mol. The van der Waals surface area contributed by atoms with Crippen LogP contribution in [0.4, 0.5) is 0 Å². The van der Waals surface area contributed by atoms with Crippen LogP contribution in [0.25, 0.3) is 11.0 Å². The van der Waals surface area contributed by atoms with Crippen LogP contribution in [0.15, 0.2) is 36.4 Å². The van der Waals surface area contributed by atoms with Gasteiger partial charge < -0.3 is 15.6 Å². The van der Waals surface area contributed by atoms with E-state index in [2.05, 4.69) is 26.7 Å². The lowest BCUT2D eigenvalue weighted by Gasteiger charge is -2.12. The molecule has 4 nitrogen and oxygen atoms in total. The fraction of sp³-hybridized carbons (Fsp3) is 0.182. The fourth-order valence-corrected chi connectivity index (χ4v) is 1.81. The molecule has 0 bridgehead atoms. The first-order chi connectivity index (χ1) is 7.33. The zero-order valence-electron chi connectivity index (χ0n) is 8.41. The number of nitrogens with one attached hydrogen (secondary N) is 3. The Bertz CT molecular complexity index is 526. The molecule has 0 saturated carbocycles. The summed E-state index contributed by atoms with van der Waals surface area (Å²) in [6, 6.07) is 4.16. The predicted octanol–water partition coefficient (Wildman–Crippen LogP) is 1.62. The monoisotopic (exact) mass is 200 g/mol. The average Bonchev–Trinajstić information content (AvgIpc) is 2.84. The van der Waals surface area contributed by atoms with Gasteiger partial charge in [0.25, 0.3) is 0 Å². The van der Waals surface area contributed by atoms with E-state index < -0.39 is 0 Å². The van der Waals surface area contributed by atoms with E-state index in [9.17, 15) is 0 Å². The number of pyridine rings is 1. The molecule has 0 amide bonds. The number of allylic oxidation sites excluding steroid dienone is 1. The molecule has 1 aliphatic heterocycles. The molecular formula is C11H12N4. The molecule has 0 saturated heterocycles. The van der Waals surface area contributed by atoms with Crippen LogP contribution in [0, 0.1) is 0 Å². The Morgan fingerprint density at radius 1 is 1.40 bits per heavy atom. The summed E-state index contributed by atoms with van der Waals surface area (Å²) in [5.41, 5.74) is 3.23. The van der Waals surface area contributed by atoms with Crippen LogP contribution >= 0.6 is 0 Å². The number of rotatable bonds is 1. The van der Waals surface area contributed by atoms with Gasteiger partial charge in [0.2, 0.25) is 0 Å². The van der Waals surface area contributed by atoms with E-state index in [1.54, 1.807) is 0 Å². The first-order valence-corrected chi connectivity index (χ1v) is 4.95. The SMILES string of the molecule is CC1=CNC(c2cnc3[nH]ccc3c2)N1. The minimum absolute atomic E-state index is 0.150. The lowest BCUT2D eigenvalue weighted by atomic mass is 10.2. The summed E-state index contributed by atoms with van der Waals surface area (Å²) in [6.45, 7) is 2.04. The maximum absolute atomic E-state index is 4.35. The van der Waals surface area contributed by atoms with Crippen LogP contribution < -0.4 is 10.6 Å². The van der Waals surface area contributed by atoms with Gasteiger partial charge in [0, 0.05) is 35.2 Å².